The van der Waals surface area contributed by atoms with Crippen molar-refractivity contribution in [3.05, 3.63) is 23.8 Å². The third kappa shape index (κ3) is 2.62. The van der Waals surface area contributed by atoms with Crippen LogP contribution in [0.3, 0.4) is 0 Å². The molecular weight excluding hydrogens is 248 g/mol. The summed E-state index contributed by atoms with van der Waals surface area (Å²) in [4.78, 5) is 21.7. The van der Waals surface area contributed by atoms with Gasteiger partial charge >= 0.3 is 5.97 Å². The Bertz CT molecular complexity index is 572. The molecule has 0 aliphatic carbocycles. The van der Waals surface area contributed by atoms with Gasteiger partial charge in [-0.2, -0.15) is 0 Å². The third-order valence-corrected chi connectivity index (χ3v) is 3.14. The maximum atomic E-state index is 11.4. The molecule has 1 aromatic carbocycles. The van der Waals surface area contributed by atoms with Crippen molar-refractivity contribution in [3.63, 3.8) is 0 Å². The van der Waals surface area contributed by atoms with E-state index in [9.17, 15) is 18.0 Å². The number of Topliss-reactive ketones (excluding diaryl/α,β-unsaturated/α-hetero) is 1. The van der Waals surface area contributed by atoms with Gasteiger partial charge in [-0.15, -0.1) is 0 Å². The average Bonchev–Trinajstić information content (AvgIpc) is 2.25. The zero-order chi connectivity index (χ0) is 13.2. The third-order valence-electron chi connectivity index (χ3n) is 2.02. The highest BCUT2D eigenvalue weighted by Gasteiger charge is 2.24. The maximum Gasteiger partial charge on any atom is 0.377 e. The van der Waals surface area contributed by atoms with Gasteiger partial charge in [-0.1, -0.05) is 6.07 Å². The molecule has 0 saturated heterocycles. The first-order valence-corrected chi connectivity index (χ1v) is 6.33. The van der Waals surface area contributed by atoms with E-state index in [1.165, 1.54) is 25.3 Å². The molecule has 1 N–H and O–H groups in total. The summed E-state index contributed by atoms with van der Waals surface area (Å²) in [6.45, 7) is 0. The minimum absolute atomic E-state index is 0.216. The fourth-order valence-corrected chi connectivity index (χ4v) is 2.17. The summed E-state index contributed by atoms with van der Waals surface area (Å²) >= 11 is 0. The lowest BCUT2D eigenvalue weighted by Crippen LogP contribution is -2.15. The normalized spacial score (nSPS) is 10.9. The molecule has 6 nitrogen and oxygen atoms in total. The number of carboxylic acid groups (broad SMARTS) is 1. The van der Waals surface area contributed by atoms with E-state index < -0.39 is 21.6 Å². The number of hydrogen-bond acceptors (Lipinski definition) is 5. The number of para-hydroxylation sites is 1. The highest BCUT2D eigenvalue weighted by molar-refractivity contribution is 7.90. The van der Waals surface area contributed by atoms with Crippen molar-refractivity contribution in [1.29, 1.82) is 0 Å². The SMILES string of the molecule is COc1c(C(=O)C(=O)O)cccc1S(C)(=O)=O. The van der Waals surface area contributed by atoms with Crippen molar-refractivity contribution in [2.45, 2.75) is 4.90 Å². The zero-order valence-electron chi connectivity index (χ0n) is 9.13. The van der Waals surface area contributed by atoms with Crippen LogP contribution in [0.4, 0.5) is 0 Å². The van der Waals surface area contributed by atoms with Crippen LogP contribution in [0.2, 0.25) is 0 Å². The zero-order valence-corrected chi connectivity index (χ0v) is 9.95. The summed E-state index contributed by atoms with van der Waals surface area (Å²) in [5, 5.41) is 8.59. The van der Waals surface area contributed by atoms with E-state index in [-0.39, 0.29) is 16.2 Å². The Morgan fingerprint density at radius 1 is 1.29 bits per heavy atom. The van der Waals surface area contributed by atoms with Gasteiger partial charge in [-0.05, 0) is 12.1 Å². The van der Waals surface area contributed by atoms with Crippen LogP contribution in [0.5, 0.6) is 5.75 Å². The quantitative estimate of drug-likeness (QED) is 0.618. The van der Waals surface area contributed by atoms with Crippen LogP contribution in [-0.4, -0.2) is 38.6 Å². The molecule has 0 atom stereocenters. The number of methoxy groups -OCH3 is 1. The van der Waals surface area contributed by atoms with Crippen LogP contribution in [-0.2, 0) is 14.6 Å². The van der Waals surface area contributed by atoms with E-state index >= 15 is 0 Å². The van der Waals surface area contributed by atoms with Gasteiger partial charge in [-0.3, -0.25) is 4.79 Å². The first kappa shape index (κ1) is 13.2. The molecule has 0 saturated carbocycles. The summed E-state index contributed by atoms with van der Waals surface area (Å²) in [6.07, 6.45) is 0.944. The van der Waals surface area contributed by atoms with Crippen LogP contribution >= 0.6 is 0 Å². The van der Waals surface area contributed by atoms with Crippen molar-refractivity contribution in [2.24, 2.45) is 0 Å². The fraction of sp³-hybridized carbons (Fsp3) is 0.200. The Balaban J connectivity index is 3.55. The van der Waals surface area contributed by atoms with E-state index in [0.29, 0.717) is 0 Å². The lowest BCUT2D eigenvalue weighted by Gasteiger charge is -2.09. The number of aliphatic carboxylic acids is 1. The van der Waals surface area contributed by atoms with E-state index in [4.69, 9.17) is 9.84 Å². The number of hydrogen-bond donors (Lipinski definition) is 1. The summed E-state index contributed by atoms with van der Waals surface area (Å²) in [5.74, 6) is -3.14. The molecule has 0 aliphatic heterocycles. The van der Waals surface area contributed by atoms with Gasteiger partial charge in [0.15, 0.2) is 9.84 Å². The Morgan fingerprint density at radius 2 is 1.88 bits per heavy atom. The Morgan fingerprint density at radius 3 is 2.29 bits per heavy atom. The average molecular weight is 258 g/mol. The Labute approximate surface area is 97.7 Å². The van der Waals surface area contributed by atoms with Crippen molar-refractivity contribution in [1.82, 2.24) is 0 Å². The van der Waals surface area contributed by atoms with Gasteiger partial charge < -0.3 is 9.84 Å². The second-order valence-electron chi connectivity index (χ2n) is 3.24. The highest BCUT2D eigenvalue weighted by atomic mass is 32.2. The second kappa shape index (κ2) is 4.54. The molecular formula is C10H10O6S. The minimum Gasteiger partial charge on any atom is -0.495 e. The summed E-state index contributed by atoms with van der Waals surface area (Å²) < 4.78 is 27.6. The Kier molecular flexibility index (Phi) is 3.52. The fourth-order valence-electron chi connectivity index (χ4n) is 1.31. The van der Waals surface area contributed by atoms with Gasteiger partial charge in [0.2, 0.25) is 0 Å². The molecule has 0 radical (unpaired) electrons. The molecule has 1 aromatic rings. The van der Waals surface area contributed by atoms with Crippen molar-refractivity contribution >= 4 is 21.6 Å². The molecule has 1 rings (SSSR count). The molecule has 17 heavy (non-hydrogen) atoms. The first-order valence-electron chi connectivity index (χ1n) is 4.43. The van der Waals surface area contributed by atoms with Crippen LogP contribution in [0.1, 0.15) is 10.4 Å². The molecule has 0 amide bonds. The summed E-state index contributed by atoms with van der Waals surface area (Å²) in [6, 6.07) is 3.73. The molecule has 0 unspecified atom stereocenters. The van der Waals surface area contributed by atoms with E-state index in [1.54, 1.807) is 0 Å². The van der Waals surface area contributed by atoms with Crippen molar-refractivity contribution < 1.29 is 27.9 Å². The number of ketones is 1. The lowest BCUT2D eigenvalue weighted by atomic mass is 10.1. The predicted octanol–water partition coefficient (Wildman–Crippen LogP) is 0.366. The Hall–Kier alpha value is -1.89. The van der Waals surface area contributed by atoms with Gasteiger partial charge in [-0.25, -0.2) is 13.2 Å². The van der Waals surface area contributed by atoms with E-state index in [2.05, 4.69) is 0 Å². The molecule has 0 aromatic heterocycles. The van der Waals surface area contributed by atoms with Crippen LogP contribution in [0.25, 0.3) is 0 Å². The second-order valence-corrected chi connectivity index (χ2v) is 5.23. The molecule has 0 aliphatic rings. The molecule has 0 heterocycles. The number of rotatable bonds is 4. The smallest absolute Gasteiger partial charge is 0.377 e. The molecule has 0 spiro atoms. The number of carbonyl (C=O) groups is 2. The number of benzene rings is 1. The van der Waals surface area contributed by atoms with E-state index in [0.717, 1.165) is 6.26 Å². The van der Waals surface area contributed by atoms with Gasteiger partial charge in [0.05, 0.1) is 12.7 Å². The van der Waals surface area contributed by atoms with Crippen molar-refractivity contribution in [3.8, 4) is 5.75 Å². The highest BCUT2D eigenvalue weighted by Crippen LogP contribution is 2.28. The van der Waals surface area contributed by atoms with Crippen LogP contribution in [0.15, 0.2) is 23.1 Å². The van der Waals surface area contributed by atoms with Crippen molar-refractivity contribution in [2.75, 3.05) is 13.4 Å². The van der Waals surface area contributed by atoms with Gasteiger partial charge in [0.1, 0.15) is 10.6 Å². The summed E-state index contributed by atoms with van der Waals surface area (Å²) in [7, 11) is -2.43. The number of ether oxygens (including phenoxy) is 1. The van der Waals surface area contributed by atoms with Gasteiger partial charge in [0.25, 0.3) is 5.78 Å². The molecule has 0 bridgehead atoms. The predicted molar refractivity (Wildman–Crippen MR) is 58.1 cm³/mol. The number of sulfone groups is 1. The standard InChI is InChI=1S/C10H10O6S/c1-16-9-6(8(11)10(12)13)4-3-5-7(9)17(2,14)15/h3-5H,1-2H3,(H,12,13). The monoisotopic (exact) mass is 258 g/mol. The summed E-state index contributed by atoms with van der Waals surface area (Å²) in [5.41, 5.74) is -0.289. The molecule has 7 heteroatoms. The van der Waals surface area contributed by atoms with Gasteiger partial charge in [0, 0.05) is 6.26 Å². The molecule has 92 valence electrons. The first-order chi connectivity index (χ1) is 7.79. The largest absolute Gasteiger partial charge is 0.495 e. The molecule has 0 fully saturated rings. The minimum atomic E-state index is -3.60. The topological polar surface area (TPSA) is 97.7 Å². The van der Waals surface area contributed by atoms with Crippen LogP contribution in [0, 0.1) is 0 Å². The lowest BCUT2D eigenvalue weighted by molar-refractivity contribution is -0.131. The number of carboxylic acids is 1. The van der Waals surface area contributed by atoms with Crippen LogP contribution < -0.4 is 4.74 Å². The van der Waals surface area contributed by atoms with E-state index in [1.807, 2.05) is 0 Å². The number of carbonyl (C=O) groups excluding carboxylic acids is 1. The maximum absolute atomic E-state index is 11.4.